The number of nitrogens with zero attached hydrogens (tertiary/aromatic N) is 3. The lowest BCUT2D eigenvalue weighted by molar-refractivity contribution is 0.229. The fourth-order valence-corrected chi connectivity index (χ4v) is 2.70. The average Bonchev–Trinajstić information content (AvgIpc) is 2.87. The number of urea groups is 2. The monoisotopic (exact) mass is 369 g/mol. The van der Waals surface area contributed by atoms with Crippen molar-refractivity contribution in [2.75, 3.05) is 56.7 Å². The Bertz CT molecular complexity index is 735. The highest BCUT2D eigenvalue weighted by Crippen LogP contribution is 2.21. The van der Waals surface area contributed by atoms with Gasteiger partial charge in [0, 0.05) is 51.6 Å². The molecule has 9 nitrogen and oxygen atoms in total. The molecule has 0 aliphatic carbocycles. The molecule has 4 amide bonds. The molecule has 0 spiro atoms. The van der Waals surface area contributed by atoms with Crippen LogP contribution in [0.3, 0.4) is 0 Å². The van der Waals surface area contributed by atoms with Gasteiger partial charge in [0.05, 0.1) is 6.26 Å². The van der Waals surface area contributed by atoms with Gasteiger partial charge in [-0.15, -0.1) is 0 Å². The maximum Gasteiger partial charge on any atom is 0.324 e. The zero-order valence-corrected chi connectivity index (χ0v) is 15.3. The molecule has 1 heterocycles. The maximum atomic E-state index is 11.9. The highest BCUT2D eigenvalue weighted by Gasteiger charge is 2.26. The Hall–Kier alpha value is -2.33. The number of rotatable bonds is 6. The summed E-state index contributed by atoms with van der Waals surface area (Å²) < 4.78 is 23.7. The average molecular weight is 369 g/mol. The SMILES string of the molecule is CN1CCN(c2ccc(NC(=O)NCCN(C)S(C)(=O)=O)cc2)C1=O. The van der Waals surface area contributed by atoms with Crippen LogP contribution in [0.5, 0.6) is 0 Å². The van der Waals surface area contributed by atoms with Crippen LogP contribution in [0.4, 0.5) is 21.0 Å². The molecule has 0 radical (unpaired) electrons. The minimum absolute atomic E-state index is 0.0477. The van der Waals surface area contributed by atoms with Crippen LogP contribution in [0.1, 0.15) is 0 Å². The van der Waals surface area contributed by atoms with Gasteiger partial charge in [-0.3, -0.25) is 4.90 Å². The minimum atomic E-state index is -3.26. The molecule has 1 aliphatic rings. The van der Waals surface area contributed by atoms with Crippen LogP contribution in [0.15, 0.2) is 24.3 Å². The lowest BCUT2D eigenvalue weighted by atomic mass is 10.2. The summed E-state index contributed by atoms with van der Waals surface area (Å²) in [5.74, 6) is 0. The molecule has 2 rings (SSSR count). The van der Waals surface area contributed by atoms with Gasteiger partial charge in [-0.05, 0) is 24.3 Å². The van der Waals surface area contributed by atoms with Gasteiger partial charge in [-0.1, -0.05) is 0 Å². The van der Waals surface area contributed by atoms with Crippen molar-refractivity contribution in [2.45, 2.75) is 0 Å². The lowest BCUT2D eigenvalue weighted by Gasteiger charge is -2.17. The number of carbonyl (C=O) groups is 2. The van der Waals surface area contributed by atoms with Crippen LogP contribution in [0, 0.1) is 0 Å². The van der Waals surface area contributed by atoms with Gasteiger partial charge in [0.1, 0.15) is 0 Å². The first-order valence-electron chi connectivity index (χ1n) is 7.77. The van der Waals surface area contributed by atoms with Crippen molar-refractivity contribution in [2.24, 2.45) is 0 Å². The first-order chi connectivity index (χ1) is 11.7. The van der Waals surface area contributed by atoms with E-state index in [9.17, 15) is 18.0 Å². The zero-order chi connectivity index (χ0) is 18.6. The van der Waals surface area contributed by atoms with E-state index in [0.717, 1.165) is 16.2 Å². The van der Waals surface area contributed by atoms with Crippen molar-refractivity contribution < 1.29 is 18.0 Å². The Morgan fingerprint density at radius 3 is 2.40 bits per heavy atom. The van der Waals surface area contributed by atoms with Crippen molar-refractivity contribution in [3.05, 3.63) is 24.3 Å². The van der Waals surface area contributed by atoms with E-state index in [1.54, 1.807) is 41.1 Å². The van der Waals surface area contributed by atoms with Crippen molar-refractivity contribution >= 4 is 33.5 Å². The number of anilines is 2. The van der Waals surface area contributed by atoms with Crippen LogP contribution >= 0.6 is 0 Å². The summed E-state index contributed by atoms with van der Waals surface area (Å²) in [4.78, 5) is 27.1. The summed E-state index contributed by atoms with van der Waals surface area (Å²) in [5.41, 5.74) is 1.35. The van der Waals surface area contributed by atoms with E-state index >= 15 is 0 Å². The third kappa shape index (κ3) is 5.07. The number of amides is 4. The fourth-order valence-electron chi connectivity index (χ4n) is 2.28. The van der Waals surface area contributed by atoms with E-state index in [2.05, 4.69) is 10.6 Å². The molecule has 0 aromatic heterocycles. The lowest BCUT2D eigenvalue weighted by Crippen LogP contribution is -2.37. The Labute approximate surface area is 147 Å². The second-order valence-corrected chi connectivity index (χ2v) is 7.96. The third-order valence-electron chi connectivity index (χ3n) is 3.93. The Kier molecular flexibility index (Phi) is 5.85. The highest BCUT2D eigenvalue weighted by atomic mass is 32.2. The molecule has 0 atom stereocenters. The van der Waals surface area contributed by atoms with Crippen molar-refractivity contribution in [1.29, 1.82) is 0 Å². The molecule has 0 bridgehead atoms. The van der Waals surface area contributed by atoms with Crippen LogP contribution in [0.2, 0.25) is 0 Å². The van der Waals surface area contributed by atoms with E-state index in [0.29, 0.717) is 18.8 Å². The number of benzene rings is 1. The normalized spacial score (nSPS) is 15.0. The Morgan fingerprint density at radius 2 is 1.88 bits per heavy atom. The van der Waals surface area contributed by atoms with E-state index in [1.165, 1.54) is 7.05 Å². The summed E-state index contributed by atoms with van der Waals surface area (Å²) in [7, 11) is -0.0521. The van der Waals surface area contributed by atoms with E-state index < -0.39 is 16.1 Å². The highest BCUT2D eigenvalue weighted by molar-refractivity contribution is 7.88. The van der Waals surface area contributed by atoms with Gasteiger partial charge in [-0.2, -0.15) is 0 Å². The summed E-state index contributed by atoms with van der Waals surface area (Å²) in [6, 6.07) is 6.49. The molecule has 1 aliphatic heterocycles. The smallest absolute Gasteiger partial charge is 0.324 e. The molecule has 0 unspecified atom stereocenters. The molecule has 1 aromatic rings. The van der Waals surface area contributed by atoms with Crippen molar-refractivity contribution in [1.82, 2.24) is 14.5 Å². The quantitative estimate of drug-likeness (QED) is 0.765. The van der Waals surface area contributed by atoms with Crippen LogP contribution in [-0.4, -0.2) is 76.2 Å². The predicted octanol–water partition coefficient (Wildman–Crippen LogP) is 0.571. The summed E-state index contributed by atoms with van der Waals surface area (Å²) >= 11 is 0. The fraction of sp³-hybridized carbons (Fsp3) is 0.467. The van der Waals surface area contributed by atoms with E-state index in [-0.39, 0.29) is 19.1 Å². The first kappa shape index (κ1) is 19.0. The summed E-state index contributed by atoms with van der Waals surface area (Å²) in [6.45, 7) is 1.71. The molecule has 1 aromatic carbocycles. The second kappa shape index (κ2) is 7.70. The molecule has 1 fully saturated rings. The molecule has 25 heavy (non-hydrogen) atoms. The standard InChI is InChI=1S/C15H23N5O4S/c1-18-10-11-20(15(18)22)13-6-4-12(5-7-13)17-14(21)16-8-9-19(2)25(3,23)24/h4-7H,8-11H2,1-3H3,(H2,16,17,21). The third-order valence-corrected chi connectivity index (χ3v) is 5.25. The summed E-state index contributed by atoms with van der Waals surface area (Å²) in [5, 5.41) is 5.25. The number of sulfonamides is 1. The van der Waals surface area contributed by atoms with Crippen LogP contribution in [-0.2, 0) is 10.0 Å². The Morgan fingerprint density at radius 1 is 1.24 bits per heavy atom. The van der Waals surface area contributed by atoms with Gasteiger partial charge in [-0.25, -0.2) is 22.3 Å². The summed E-state index contributed by atoms with van der Waals surface area (Å²) in [6.07, 6.45) is 1.11. The Balaban J connectivity index is 1.83. The number of hydrogen-bond acceptors (Lipinski definition) is 4. The predicted molar refractivity (Wildman–Crippen MR) is 96.3 cm³/mol. The second-order valence-electron chi connectivity index (χ2n) is 5.87. The van der Waals surface area contributed by atoms with Gasteiger partial charge >= 0.3 is 12.1 Å². The molecule has 0 saturated carbocycles. The van der Waals surface area contributed by atoms with Gasteiger partial charge in [0.2, 0.25) is 10.0 Å². The minimum Gasteiger partial charge on any atom is -0.337 e. The van der Waals surface area contributed by atoms with E-state index in [4.69, 9.17) is 0 Å². The molecular weight excluding hydrogens is 346 g/mol. The number of hydrogen-bond donors (Lipinski definition) is 2. The van der Waals surface area contributed by atoms with Gasteiger partial charge in [0.25, 0.3) is 0 Å². The van der Waals surface area contributed by atoms with Crippen molar-refractivity contribution in [3.8, 4) is 0 Å². The van der Waals surface area contributed by atoms with E-state index in [1.807, 2.05) is 0 Å². The largest absolute Gasteiger partial charge is 0.337 e. The van der Waals surface area contributed by atoms with Gasteiger partial charge in [0.15, 0.2) is 0 Å². The number of carbonyl (C=O) groups excluding carboxylic acids is 2. The molecule has 138 valence electrons. The molecule has 10 heteroatoms. The topological polar surface area (TPSA) is 102 Å². The molecular formula is C15H23N5O4S. The number of likely N-dealkylation sites (N-methyl/N-ethyl adjacent to an activating group) is 2. The van der Waals surface area contributed by atoms with Crippen LogP contribution in [0.25, 0.3) is 0 Å². The van der Waals surface area contributed by atoms with Gasteiger partial charge < -0.3 is 15.5 Å². The maximum absolute atomic E-state index is 11.9. The zero-order valence-electron chi connectivity index (χ0n) is 14.5. The molecule has 2 N–H and O–H groups in total. The van der Waals surface area contributed by atoms with Crippen LogP contribution < -0.4 is 15.5 Å². The number of nitrogens with one attached hydrogen (secondary N) is 2. The first-order valence-corrected chi connectivity index (χ1v) is 9.62. The van der Waals surface area contributed by atoms with Crippen molar-refractivity contribution in [3.63, 3.8) is 0 Å². The molecule has 1 saturated heterocycles.